The lowest BCUT2D eigenvalue weighted by Gasteiger charge is -2.50. The Hall–Kier alpha value is -4.64. The van der Waals surface area contributed by atoms with Gasteiger partial charge < -0.3 is 20.6 Å². The van der Waals surface area contributed by atoms with Crippen molar-refractivity contribution in [2.75, 3.05) is 5.73 Å². The molecular formula is C26H25N5O9S2. The van der Waals surface area contributed by atoms with E-state index in [2.05, 4.69) is 26.3 Å². The molecule has 0 aliphatic carbocycles. The molecule has 0 bridgehead atoms. The van der Waals surface area contributed by atoms with Crippen LogP contribution in [0.2, 0.25) is 0 Å². The fourth-order valence-corrected chi connectivity index (χ4v) is 4.92. The van der Waals surface area contributed by atoms with Crippen LogP contribution >= 0.6 is 11.3 Å². The Morgan fingerprint density at radius 1 is 1.14 bits per heavy atom. The van der Waals surface area contributed by atoms with Crippen LogP contribution in [-0.2, 0) is 38.6 Å². The second kappa shape index (κ2) is 12.1. The number of nitrogens with one attached hydrogen (secondary N) is 1. The maximum absolute atomic E-state index is 13.2. The minimum atomic E-state index is -4.99. The van der Waals surface area contributed by atoms with Crippen LogP contribution in [0.5, 0.6) is 0 Å². The summed E-state index contributed by atoms with van der Waals surface area (Å²) in [6.07, 6.45) is -0.801. The summed E-state index contributed by atoms with van der Waals surface area (Å²) in [5.41, 5.74) is 5.16. The summed E-state index contributed by atoms with van der Waals surface area (Å²) < 4.78 is 41.0. The third-order valence-electron chi connectivity index (χ3n) is 6.01. The van der Waals surface area contributed by atoms with Crippen LogP contribution in [-0.4, -0.2) is 58.1 Å². The highest BCUT2D eigenvalue weighted by Gasteiger charge is 2.58. The van der Waals surface area contributed by atoms with Crippen molar-refractivity contribution in [2.45, 2.75) is 31.5 Å². The van der Waals surface area contributed by atoms with Gasteiger partial charge in [-0.2, -0.15) is 13.5 Å². The molecule has 0 radical (unpaired) electrons. The van der Waals surface area contributed by atoms with Crippen LogP contribution in [0.3, 0.4) is 0 Å². The summed E-state index contributed by atoms with van der Waals surface area (Å²) in [7, 11) is -4.99. The summed E-state index contributed by atoms with van der Waals surface area (Å²) in [5, 5.41) is 8.01. The molecule has 2 aromatic carbocycles. The third-order valence-corrected chi connectivity index (χ3v) is 7.02. The molecule has 42 heavy (non-hydrogen) atoms. The Morgan fingerprint density at radius 3 is 2.19 bits per heavy atom. The number of nitrogens with zero attached hydrogens (tertiary/aromatic N) is 3. The smallest absolute Gasteiger partial charge is 0.418 e. The molecule has 220 valence electrons. The summed E-state index contributed by atoms with van der Waals surface area (Å²) in [4.78, 5) is 47.8. The molecule has 14 nitrogen and oxygen atoms in total. The Morgan fingerprint density at radius 2 is 1.71 bits per heavy atom. The van der Waals surface area contributed by atoms with Crippen molar-refractivity contribution in [3.63, 3.8) is 0 Å². The van der Waals surface area contributed by atoms with Crippen molar-refractivity contribution in [3.05, 3.63) is 95.2 Å². The average molecular weight is 616 g/mol. The Balaban J connectivity index is 1.52. The Kier molecular flexibility index (Phi) is 8.72. The van der Waals surface area contributed by atoms with E-state index in [0.717, 1.165) is 11.3 Å². The number of aromatic nitrogens is 1. The largest absolute Gasteiger partial charge is 0.447 e. The zero-order valence-electron chi connectivity index (χ0n) is 22.2. The van der Waals surface area contributed by atoms with Gasteiger partial charge in [-0.3, -0.25) is 14.1 Å². The maximum Gasteiger partial charge on any atom is 0.418 e. The number of esters is 1. The van der Waals surface area contributed by atoms with Crippen molar-refractivity contribution < 1.29 is 41.2 Å². The number of anilines is 1. The summed E-state index contributed by atoms with van der Waals surface area (Å²) >= 11 is 0.987. The van der Waals surface area contributed by atoms with E-state index in [4.69, 9.17) is 19.9 Å². The van der Waals surface area contributed by atoms with E-state index in [9.17, 15) is 22.8 Å². The second-order valence-electron chi connectivity index (χ2n) is 9.33. The van der Waals surface area contributed by atoms with E-state index in [-0.39, 0.29) is 10.8 Å². The molecule has 1 aromatic heterocycles. The molecule has 1 saturated heterocycles. The number of hydrogen-bond donors (Lipinski definition) is 3. The van der Waals surface area contributed by atoms with Gasteiger partial charge in [0.2, 0.25) is 5.76 Å². The summed E-state index contributed by atoms with van der Waals surface area (Å²) in [6, 6.07) is 16.7. The molecule has 1 atom stereocenters. The molecule has 2 amide bonds. The van der Waals surface area contributed by atoms with Gasteiger partial charge in [0.1, 0.15) is 11.7 Å². The van der Waals surface area contributed by atoms with Gasteiger partial charge in [0.25, 0.3) is 11.8 Å². The number of oxime groups is 1. The zero-order valence-corrected chi connectivity index (χ0v) is 23.8. The van der Waals surface area contributed by atoms with Crippen LogP contribution in [0.1, 0.15) is 36.8 Å². The standard InChI is InChI=1S/C26H25N5O9S2/c1-15(24(34)38-20(16-10-6-4-7-11-16)17-12-8-5-9-13-17)39-30-19(18-14-41-25(27)28-18)22(32)29-21-23(33)31(26(21,2)3)40-42(35,36)37/h4-14,20-21H,1H2,2-3H3,(H2,27,28)(H,29,32)(H,35,36,37)/b30-19-. The number of amides is 2. The number of carbonyl (C=O) groups excluding carboxylic acids is 3. The lowest BCUT2D eigenvalue weighted by atomic mass is 9.84. The number of thiazole rings is 1. The van der Waals surface area contributed by atoms with Crippen LogP contribution in [0.25, 0.3) is 0 Å². The molecule has 1 unspecified atom stereocenters. The average Bonchev–Trinajstić information content (AvgIpc) is 3.39. The van der Waals surface area contributed by atoms with Crippen LogP contribution in [0.15, 0.2) is 83.5 Å². The topological polar surface area (TPSA) is 200 Å². The van der Waals surface area contributed by atoms with E-state index in [1.165, 1.54) is 19.2 Å². The van der Waals surface area contributed by atoms with Gasteiger partial charge in [0, 0.05) is 5.38 Å². The summed E-state index contributed by atoms with van der Waals surface area (Å²) in [5.74, 6) is -3.48. The first-order valence-electron chi connectivity index (χ1n) is 12.1. The lowest BCUT2D eigenvalue weighted by molar-refractivity contribution is -0.218. The van der Waals surface area contributed by atoms with Crippen molar-refractivity contribution in [3.8, 4) is 0 Å². The number of hydrogen-bond acceptors (Lipinski definition) is 12. The van der Waals surface area contributed by atoms with Crippen LogP contribution in [0, 0.1) is 0 Å². The van der Waals surface area contributed by atoms with Gasteiger partial charge in [-0.1, -0.05) is 65.8 Å². The molecule has 0 saturated carbocycles. The Labute approximate surface area is 244 Å². The predicted molar refractivity (Wildman–Crippen MR) is 150 cm³/mol. The first-order chi connectivity index (χ1) is 19.8. The number of β-lactam (4-membered cyclic amide) rings is 1. The number of carbonyl (C=O) groups is 3. The van der Waals surface area contributed by atoms with Crippen molar-refractivity contribution >= 4 is 50.4 Å². The van der Waals surface area contributed by atoms with Crippen molar-refractivity contribution in [2.24, 2.45) is 5.16 Å². The second-order valence-corrected chi connectivity index (χ2v) is 11.2. The first-order valence-corrected chi connectivity index (χ1v) is 14.3. The minimum Gasteiger partial charge on any atom is -0.447 e. The number of rotatable bonds is 11. The number of ether oxygens (including phenoxy) is 1. The van der Waals surface area contributed by atoms with Crippen molar-refractivity contribution in [1.29, 1.82) is 0 Å². The number of benzene rings is 2. The highest BCUT2D eigenvalue weighted by Crippen LogP contribution is 2.33. The predicted octanol–water partition coefficient (Wildman–Crippen LogP) is 2.13. The molecule has 3 aromatic rings. The van der Waals surface area contributed by atoms with Crippen LogP contribution < -0.4 is 11.1 Å². The fourth-order valence-electron chi connectivity index (χ4n) is 3.92. The molecule has 4 rings (SSSR count). The Bertz CT molecular complexity index is 1600. The lowest BCUT2D eigenvalue weighted by Crippen LogP contribution is -2.76. The zero-order chi connectivity index (χ0) is 30.7. The normalized spacial score (nSPS) is 16.5. The molecule has 1 aliphatic rings. The molecule has 16 heteroatoms. The van der Waals surface area contributed by atoms with Gasteiger partial charge in [0.15, 0.2) is 16.9 Å². The molecule has 4 N–H and O–H groups in total. The maximum atomic E-state index is 13.2. The van der Waals surface area contributed by atoms with Crippen molar-refractivity contribution in [1.82, 2.24) is 15.4 Å². The molecule has 2 heterocycles. The highest BCUT2D eigenvalue weighted by atomic mass is 32.3. The molecule has 0 spiro atoms. The van der Waals surface area contributed by atoms with Crippen LogP contribution in [0.4, 0.5) is 5.13 Å². The van der Waals surface area contributed by atoms with E-state index in [0.29, 0.717) is 16.2 Å². The molecule has 1 fully saturated rings. The summed E-state index contributed by atoms with van der Waals surface area (Å²) in [6.45, 7) is 6.32. The third kappa shape index (κ3) is 6.80. The molecular weight excluding hydrogens is 590 g/mol. The van der Waals surface area contributed by atoms with Gasteiger partial charge in [-0.25, -0.2) is 9.78 Å². The highest BCUT2D eigenvalue weighted by molar-refractivity contribution is 7.80. The number of hydroxylamine groups is 2. The van der Waals surface area contributed by atoms with E-state index >= 15 is 0 Å². The molecule has 1 aliphatic heterocycles. The van der Waals surface area contributed by atoms with Gasteiger partial charge >= 0.3 is 16.4 Å². The van der Waals surface area contributed by atoms with E-state index in [1.54, 1.807) is 48.5 Å². The first kappa shape index (κ1) is 30.3. The monoisotopic (exact) mass is 615 g/mol. The van der Waals surface area contributed by atoms with Gasteiger partial charge in [-0.15, -0.1) is 15.6 Å². The van der Waals surface area contributed by atoms with Gasteiger partial charge in [-0.05, 0) is 31.6 Å². The quantitative estimate of drug-likeness (QED) is 0.0543. The fraction of sp³-hybridized carbons (Fsp3) is 0.192. The van der Waals surface area contributed by atoms with Gasteiger partial charge in [0.05, 0.1) is 5.54 Å². The van der Waals surface area contributed by atoms with E-state index < -0.39 is 57.3 Å². The SMILES string of the molecule is C=C(O/N=C(\C(=O)NC1C(=O)N(OS(=O)(=O)O)C1(C)C)c1csc(N)n1)C(=O)OC(c1ccccc1)c1ccccc1. The minimum absolute atomic E-state index is 0.0433. The van der Waals surface area contributed by atoms with E-state index in [1.807, 2.05) is 12.1 Å². The number of nitrogens with two attached hydrogens (primary N) is 1. The number of nitrogen functional groups attached to an aromatic ring is 1.